The largest absolute Gasteiger partial charge is 0.462 e. The molecule has 1 atom stereocenters. The number of hydrogen-bond acceptors (Lipinski definition) is 6. The van der Waals surface area contributed by atoms with Gasteiger partial charge in [-0.25, -0.2) is 0 Å². The van der Waals surface area contributed by atoms with Gasteiger partial charge in [0.05, 0.1) is 0 Å². The van der Waals surface area contributed by atoms with E-state index in [1.165, 1.54) is 205 Å². The van der Waals surface area contributed by atoms with Gasteiger partial charge in [0.15, 0.2) is 6.10 Å². The average Bonchev–Trinajstić information content (AvgIpc) is 3.49. The number of carbonyl (C=O) groups excluding carboxylic acids is 3. The highest BCUT2D eigenvalue weighted by atomic mass is 16.6. The van der Waals surface area contributed by atoms with Crippen molar-refractivity contribution in [3.05, 3.63) is 97.2 Å². The van der Waals surface area contributed by atoms with E-state index in [4.69, 9.17) is 14.2 Å². The van der Waals surface area contributed by atoms with E-state index in [1.54, 1.807) is 0 Å². The van der Waals surface area contributed by atoms with Gasteiger partial charge in [0.25, 0.3) is 0 Å². The Labute approximate surface area is 515 Å². The first-order valence-corrected chi connectivity index (χ1v) is 35.7. The molecule has 0 bridgehead atoms. The molecule has 0 saturated heterocycles. The number of ether oxygens (including phenoxy) is 3. The molecule has 0 aromatic heterocycles. The van der Waals surface area contributed by atoms with Crippen molar-refractivity contribution in [1.82, 2.24) is 0 Å². The van der Waals surface area contributed by atoms with Gasteiger partial charge in [-0.15, -0.1) is 0 Å². The summed E-state index contributed by atoms with van der Waals surface area (Å²) in [5.74, 6) is -0.907. The molecule has 83 heavy (non-hydrogen) atoms. The molecule has 0 spiro atoms. The molecule has 0 aliphatic heterocycles. The maximum absolute atomic E-state index is 13.0. The van der Waals surface area contributed by atoms with Crippen molar-refractivity contribution in [2.24, 2.45) is 0 Å². The van der Waals surface area contributed by atoms with Crippen molar-refractivity contribution in [3.63, 3.8) is 0 Å². The van der Waals surface area contributed by atoms with E-state index in [0.29, 0.717) is 19.3 Å². The summed E-state index contributed by atoms with van der Waals surface area (Å²) in [6.45, 7) is 6.54. The predicted octanol–water partition coefficient (Wildman–Crippen LogP) is 24.8. The summed E-state index contributed by atoms with van der Waals surface area (Å²) < 4.78 is 17.0. The fourth-order valence-electron chi connectivity index (χ4n) is 10.2. The third-order valence-corrected chi connectivity index (χ3v) is 15.6. The minimum atomic E-state index is -0.795. The highest BCUT2D eigenvalue weighted by Gasteiger charge is 2.19. The minimum absolute atomic E-state index is 0.0877. The van der Waals surface area contributed by atoms with Crippen LogP contribution in [0.2, 0.25) is 0 Å². The van der Waals surface area contributed by atoms with Gasteiger partial charge in [-0.05, 0) is 103 Å². The molecule has 0 aliphatic carbocycles. The van der Waals surface area contributed by atoms with Crippen molar-refractivity contribution < 1.29 is 28.6 Å². The van der Waals surface area contributed by atoms with Crippen LogP contribution in [-0.2, 0) is 28.6 Å². The number of esters is 3. The Hall–Kier alpha value is -3.67. The van der Waals surface area contributed by atoms with E-state index >= 15 is 0 Å². The lowest BCUT2D eigenvalue weighted by molar-refractivity contribution is -0.167. The second kappa shape index (κ2) is 70.8. The molecular formula is C77H134O6. The van der Waals surface area contributed by atoms with E-state index in [-0.39, 0.29) is 31.1 Å². The molecule has 0 radical (unpaired) electrons. The summed E-state index contributed by atoms with van der Waals surface area (Å²) in [5, 5.41) is 0. The van der Waals surface area contributed by atoms with Crippen LogP contribution in [0.5, 0.6) is 0 Å². The van der Waals surface area contributed by atoms with Gasteiger partial charge in [-0.1, -0.05) is 330 Å². The van der Waals surface area contributed by atoms with Gasteiger partial charge >= 0.3 is 17.9 Å². The van der Waals surface area contributed by atoms with Gasteiger partial charge in [-0.3, -0.25) is 14.4 Å². The Morgan fingerprint density at radius 1 is 0.253 bits per heavy atom. The molecule has 6 nitrogen and oxygen atoms in total. The van der Waals surface area contributed by atoms with E-state index in [9.17, 15) is 14.4 Å². The Balaban J connectivity index is 4.41. The molecule has 478 valence electrons. The lowest BCUT2D eigenvalue weighted by Crippen LogP contribution is -2.30. The zero-order valence-electron chi connectivity index (χ0n) is 54.9. The lowest BCUT2D eigenvalue weighted by atomic mass is 10.0. The molecule has 0 aromatic rings. The van der Waals surface area contributed by atoms with Crippen LogP contribution >= 0.6 is 0 Å². The zero-order chi connectivity index (χ0) is 59.9. The molecule has 6 heteroatoms. The van der Waals surface area contributed by atoms with Crippen LogP contribution in [0, 0.1) is 0 Å². The Kier molecular flexibility index (Phi) is 67.7. The van der Waals surface area contributed by atoms with Crippen LogP contribution in [0.15, 0.2) is 97.2 Å². The molecular weight excluding hydrogens is 1020 g/mol. The maximum Gasteiger partial charge on any atom is 0.306 e. The summed E-state index contributed by atoms with van der Waals surface area (Å²) in [4.78, 5) is 38.5. The number of allylic oxidation sites excluding steroid dienone is 16. The van der Waals surface area contributed by atoms with Gasteiger partial charge in [0.1, 0.15) is 13.2 Å². The number of carbonyl (C=O) groups is 3. The topological polar surface area (TPSA) is 78.9 Å². The van der Waals surface area contributed by atoms with Gasteiger partial charge < -0.3 is 14.2 Å². The smallest absolute Gasteiger partial charge is 0.306 e. The quantitative estimate of drug-likeness (QED) is 0.0261. The number of unbranched alkanes of at least 4 members (excludes halogenated alkanes) is 38. The molecule has 0 aromatic carbocycles. The predicted molar refractivity (Wildman–Crippen MR) is 362 cm³/mol. The Morgan fingerprint density at radius 2 is 0.470 bits per heavy atom. The van der Waals surface area contributed by atoms with E-state index < -0.39 is 6.10 Å². The highest BCUT2D eigenvalue weighted by molar-refractivity contribution is 5.71. The highest BCUT2D eigenvalue weighted by Crippen LogP contribution is 2.18. The number of rotatable bonds is 65. The molecule has 0 N–H and O–H groups in total. The Morgan fingerprint density at radius 3 is 0.759 bits per heavy atom. The van der Waals surface area contributed by atoms with E-state index in [0.717, 1.165) is 109 Å². The van der Waals surface area contributed by atoms with Crippen molar-refractivity contribution in [2.45, 2.75) is 361 Å². The maximum atomic E-state index is 13.0. The fraction of sp³-hybridized carbons (Fsp3) is 0.753. The molecule has 1 unspecified atom stereocenters. The second-order valence-electron chi connectivity index (χ2n) is 23.8. The normalized spacial score (nSPS) is 12.7. The van der Waals surface area contributed by atoms with Crippen LogP contribution in [0.1, 0.15) is 355 Å². The van der Waals surface area contributed by atoms with Crippen LogP contribution in [0.4, 0.5) is 0 Å². The van der Waals surface area contributed by atoms with Crippen LogP contribution in [-0.4, -0.2) is 37.2 Å². The fourth-order valence-corrected chi connectivity index (χ4v) is 10.2. The minimum Gasteiger partial charge on any atom is -0.462 e. The summed E-state index contributed by atoms with van der Waals surface area (Å²) in [7, 11) is 0. The zero-order valence-corrected chi connectivity index (χ0v) is 54.9. The standard InChI is InChI=1S/C77H134O6/c1-4-7-10-13-16-19-22-25-28-31-33-35-37-38-40-41-43-46-49-52-55-58-61-64-67-70-76(79)82-73-74(72-81-75(78)69-66-63-60-57-54-51-48-45-30-27-24-21-18-15-12-9-6-3)83-77(80)71-68-65-62-59-56-53-50-47-44-42-39-36-34-32-29-26-23-20-17-14-11-8-5-2/h7,10,16,19,25,27-28,30,33,35,38,40,43,46,52,55,74H,4-6,8-9,11-15,17-18,20-24,26,29,31-32,34,36-37,39,41-42,44-45,47-51,53-54,56-73H2,1-3H3/b10-7-,19-16-,28-25-,30-27-,35-33-,40-38-,46-43-,55-52-. The number of hydrogen-bond donors (Lipinski definition) is 0. The van der Waals surface area contributed by atoms with Crippen molar-refractivity contribution in [1.29, 1.82) is 0 Å². The van der Waals surface area contributed by atoms with Gasteiger partial charge in [0, 0.05) is 19.3 Å². The molecule has 0 rings (SSSR count). The first-order chi connectivity index (χ1) is 41.0. The molecule has 0 amide bonds. The average molecular weight is 1160 g/mol. The third kappa shape index (κ3) is 69.0. The first-order valence-electron chi connectivity index (χ1n) is 35.7. The van der Waals surface area contributed by atoms with Crippen molar-refractivity contribution >= 4 is 17.9 Å². The lowest BCUT2D eigenvalue weighted by Gasteiger charge is -2.18. The first kappa shape index (κ1) is 79.3. The third-order valence-electron chi connectivity index (χ3n) is 15.6. The monoisotopic (exact) mass is 1160 g/mol. The summed E-state index contributed by atoms with van der Waals surface area (Å²) >= 11 is 0. The molecule has 0 saturated carbocycles. The van der Waals surface area contributed by atoms with E-state index in [1.807, 2.05) is 0 Å². The van der Waals surface area contributed by atoms with Crippen LogP contribution < -0.4 is 0 Å². The summed E-state index contributed by atoms with van der Waals surface area (Å²) in [6, 6.07) is 0. The van der Waals surface area contributed by atoms with Gasteiger partial charge in [0.2, 0.25) is 0 Å². The van der Waals surface area contributed by atoms with Crippen LogP contribution in [0.25, 0.3) is 0 Å². The Bertz CT molecular complexity index is 1610. The molecule has 0 aliphatic rings. The second-order valence-corrected chi connectivity index (χ2v) is 23.8. The van der Waals surface area contributed by atoms with Gasteiger partial charge in [-0.2, -0.15) is 0 Å². The van der Waals surface area contributed by atoms with Crippen molar-refractivity contribution in [2.75, 3.05) is 13.2 Å². The summed E-state index contributed by atoms with van der Waals surface area (Å²) in [6.07, 6.45) is 95.7. The van der Waals surface area contributed by atoms with Crippen LogP contribution in [0.3, 0.4) is 0 Å². The molecule has 0 heterocycles. The van der Waals surface area contributed by atoms with E-state index in [2.05, 4.69) is 118 Å². The van der Waals surface area contributed by atoms with Crippen molar-refractivity contribution in [3.8, 4) is 0 Å². The SMILES string of the molecule is CC/C=C\C/C=C\C/C=C\C/C=C\C/C=C\C/C=C\C/C=C\CCCCCC(=O)OCC(COC(=O)CCCCCCCCC/C=C\CCCCCCCC)OC(=O)CCCCCCCCCCCCCCCCCCCCCCCCC. The molecule has 0 fully saturated rings. The summed E-state index contributed by atoms with van der Waals surface area (Å²) in [5.41, 5.74) is 0.